The van der Waals surface area contributed by atoms with Crippen LogP contribution in [0.5, 0.6) is 5.75 Å². The van der Waals surface area contributed by atoms with Crippen LogP contribution < -0.4 is 10.1 Å². The highest BCUT2D eigenvalue weighted by Crippen LogP contribution is 2.29. The Labute approximate surface area is 101 Å². The van der Waals surface area contributed by atoms with Crippen molar-refractivity contribution in [2.24, 2.45) is 0 Å². The molecule has 1 aromatic carbocycles. The first-order valence-corrected chi connectivity index (χ1v) is 5.39. The van der Waals surface area contributed by atoms with Gasteiger partial charge in [-0.1, -0.05) is 11.6 Å². The fourth-order valence-electron chi connectivity index (χ4n) is 1.64. The standard InChI is InChI=1S/C13H15N3O/c1-9-4-5-12(17-3)11(6-9)10-7-15-13(14-2)16-8-10/h4-8H,1-3H3,(H,14,15,16). The van der Waals surface area contributed by atoms with Gasteiger partial charge in [0.25, 0.3) is 0 Å². The Morgan fingerprint density at radius 1 is 1.18 bits per heavy atom. The van der Waals surface area contributed by atoms with Crippen molar-refractivity contribution in [3.8, 4) is 16.9 Å². The van der Waals surface area contributed by atoms with Crippen molar-refractivity contribution in [1.29, 1.82) is 0 Å². The minimum absolute atomic E-state index is 0.611. The number of nitrogens with zero attached hydrogens (tertiary/aromatic N) is 2. The average molecular weight is 229 g/mol. The van der Waals surface area contributed by atoms with Gasteiger partial charge in [-0.3, -0.25) is 0 Å². The van der Waals surface area contributed by atoms with E-state index in [0.29, 0.717) is 5.95 Å². The maximum absolute atomic E-state index is 5.34. The number of ether oxygens (including phenoxy) is 1. The number of methoxy groups -OCH3 is 1. The molecule has 0 fully saturated rings. The van der Waals surface area contributed by atoms with Crippen molar-refractivity contribution in [3.63, 3.8) is 0 Å². The molecule has 0 spiro atoms. The quantitative estimate of drug-likeness (QED) is 0.878. The van der Waals surface area contributed by atoms with E-state index in [1.54, 1.807) is 26.6 Å². The van der Waals surface area contributed by atoms with E-state index < -0.39 is 0 Å². The van der Waals surface area contributed by atoms with Crippen LogP contribution in [0.4, 0.5) is 5.95 Å². The number of aromatic nitrogens is 2. The van der Waals surface area contributed by atoms with Gasteiger partial charge in [-0.2, -0.15) is 0 Å². The molecular weight excluding hydrogens is 214 g/mol. The van der Waals surface area contributed by atoms with Gasteiger partial charge >= 0.3 is 0 Å². The lowest BCUT2D eigenvalue weighted by Crippen LogP contribution is -1.96. The molecule has 88 valence electrons. The highest BCUT2D eigenvalue weighted by atomic mass is 16.5. The zero-order valence-corrected chi connectivity index (χ0v) is 10.2. The van der Waals surface area contributed by atoms with E-state index >= 15 is 0 Å². The summed E-state index contributed by atoms with van der Waals surface area (Å²) in [4.78, 5) is 8.40. The number of benzene rings is 1. The molecular formula is C13H15N3O. The van der Waals surface area contributed by atoms with Crippen LogP contribution in [0.2, 0.25) is 0 Å². The maximum atomic E-state index is 5.34. The summed E-state index contributed by atoms with van der Waals surface area (Å²) in [7, 11) is 3.46. The van der Waals surface area contributed by atoms with Crippen molar-refractivity contribution in [3.05, 3.63) is 36.2 Å². The Morgan fingerprint density at radius 3 is 2.47 bits per heavy atom. The zero-order valence-electron chi connectivity index (χ0n) is 10.2. The molecule has 0 atom stereocenters. The van der Waals surface area contributed by atoms with Gasteiger partial charge in [0.1, 0.15) is 5.75 Å². The third-order valence-electron chi connectivity index (χ3n) is 2.54. The second kappa shape index (κ2) is 4.82. The number of anilines is 1. The molecule has 1 heterocycles. The van der Waals surface area contributed by atoms with Gasteiger partial charge < -0.3 is 10.1 Å². The van der Waals surface area contributed by atoms with Crippen LogP contribution in [0.15, 0.2) is 30.6 Å². The number of hydrogen-bond donors (Lipinski definition) is 1. The lowest BCUT2D eigenvalue weighted by atomic mass is 10.1. The fourth-order valence-corrected chi connectivity index (χ4v) is 1.64. The van der Waals surface area contributed by atoms with Gasteiger partial charge in [0.05, 0.1) is 7.11 Å². The molecule has 4 heteroatoms. The fraction of sp³-hybridized carbons (Fsp3) is 0.231. The third-order valence-corrected chi connectivity index (χ3v) is 2.54. The SMILES string of the molecule is CNc1ncc(-c2cc(C)ccc2OC)cn1. The summed E-state index contributed by atoms with van der Waals surface area (Å²) in [5.41, 5.74) is 3.14. The van der Waals surface area contributed by atoms with Gasteiger partial charge in [-0.15, -0.1) is 0 Å². The predicted octanol–water partition coefficient (Wildman–Crippen LogP) is 2.50. The highest BCUT2D eigenvalue weighted by Gasteiger charge is 2.06. The van der Waals surface area contributed by atoms with E-state index in [-0.39, 0.29) is 0 Å². The molecule has 0 radical (unpaired) electrons. The van der Waals surface area contributed by atoms with E-state index in [4.69, 9.17) is 4.74 Å². The van der Waals surface area contributed by atoms with Gasteiger partial charge in [0.2, 0.25) is 5.95 Å². The molecule has 0 aliphatic rings. The third kappa shape index (κ3) is 2.36. The molecule has 2 rings (SSSR count). The summed E-state index contributed by atoms with van der Waals surface area (Å²) >= 11 is 0. The first kappa shape index (κ1) is 11.4. The molecule has 1 N–H and O–H groups in total. The first-order chi connectivity index (χ1) is 8.24. The normalized spacial score (nSPS) is 10.1. The van der Waals surface area contributed by atoms with E-state index in [1.807, 2.05) is 19.1 Å². The Morgan fingerprint density at radius 2 is 1.88 bits per heavy atom. The van der Waals surface area contributed by atoms with E-state index in [2.05, 4.69) is 21.4 Å². The minimum Gasteiger partial charge on any atom is -0.496 e. The Bertz CT molecular complexity index is 509. The Kier molecular flexibility index (Phi) is 3.23. The molecule has 0 saturated carbocycles. The van der Waals surface area contributed by atoms with Crippen LogP contribution >= 0.6 is 0 Å². The molecule has 0 bridgehead atoms. The van der Waals surface area contributed by atoms with Crippen molar-refractivity contribution in [1.82, 2.24) is 9.97 Å². The second-order valence-corrected chi connectivity index (χ2v) is 3.75. The second-order valence-electron chi connectivity index (χ2n) is 3.75. The number of hydrogen-bond acceptors (Lipinski definition) is 4. The highest BCUT2D eigenvalue weighted by molar-refractivity contribution is 5.70. The van der Waals surface area contributed by atoms with Crippen LogP contribution in [-0.4, -0.2) is 24.1 Å². The molecule has 0 unspecified atom stereocenters. The van der Waals surface area contributed by atoms with Gasteiger partial charge in [0.15, 0.2) is 0 Å². The lowest BCUT2D eigenvalue weighted by Gasteiger charge is -2.09. The molecule has 4 nitrogen and oxygen atoms in total. The molecule has 0 aliphatic heterocycles. The van der Waals surface area contributed by atoms with E-state index in [9.17, 15) is 0 Å². The molecule has 0 saturated heterocycles. The minimum atomic E-state index is 0.611. The molecule has 2 aromatic rings. The Hall–Kier alpha value is -2.10. The lowest BCUT2D eigenvalue weighted by molar-refractivity contribution is 0.416. The van der Waals surface area contributed by atoms with Crippen molar-refractivity contribution in [2.75, 3.05) is 19.5 Å². The zero-order chi connectivity index (χ0) is 12.3. The number of aryl methyl sites for hydroxylation is 1. The summed E-state index contributed by atoms with van der Waals surface area (Å²) < 4.78 is 5.34. The van der Waals surface area contributed by atoms with Crippen LogP contribution in [0.25, 0.3) is 11.1 Å². The van der Waals surface area contributed by atoms with Crippen LogP contribution in [-0.2, 0) is 0 Å². The number of rotatable bonds is 3. The van der Waals surface area contributed by atoms with Crippen LogP contribution in [0, 0.1) is 6.92 Å². The molecule has 0 amide bonds. The molecule has 0 aliphatic carbocycles. The summed E-state index contributed by atoms with van der Waals surface area (Å²) in [6.45, 7) is 2.05. The smallest absolute Gasteiger partial charge is 0.222 e. The van der Waals surface area contributed by atoms with Crippen LogP contribution in [0.3, 0.4) is 0 Å². The van der Waals surface area contributed by atoms with E-state index in [0.717, 1.165) is 16.9 Å². The van der Waals surface area contributed by atoms with Gasteiger partial charge in [-0.05, 0) is 19.1 Å². The largest absolute Gasteiger partial charge is 0.496 e. The number of nitrogens with one attached hydrogen (secondary N) is 1. The topological polar surface area (TPSA) is 47.0 Å². The monoisotopic (exact) mass is 229 g/mol. The van der Waals surface area contributed by atoms with Crippen LogP contribution in [0.1, 0.15) is 5.56 Å². The summed E-state index contributed by atoms with van der Waals surface area (Å²) in [6, 6.07) is 6.04. The van der Waals surface area contributed by atoms with Crippen molar-refractivity contribution >= 4 is 5.95 Å². The van der Waals surface area contributed by atoms with Gasteiger partial charge in [0, 0.05) is 30.6 Å². The summed E-state index contributed by atoms with van der Waals surface area (Å²) in [5.74, 6) is 1.44. The average Bonchev–Trinajstić information content (AvgIpc) is 2.39. The molecule has 1 aromatic heterocycles. The maximum Gasteiger partial charge on any atom is 0.222 e. The first-order valence-electron chi connectivity index (χ1n) is 5.39. The van der Waals surface area contributed by atoms with Gasteiger partial charge in [-0.25, -0.2) is 9.97 Å². The van der Waals surface area contributed by atoms with Crippen molar-refractivity contribution in [2.45, 2.75) is 6.92 Å². The summed E-state index contributed by atoms with van der Waals surface area (Å²) in [6.07, 6.45) is 3.58. The summed E-state index contributed by atoms with van der Waals surface area (Å²) in [5, 5.41) is 2.89. The molecule has 17 heavy (non-hydrogen) atoms. The van der Waals surface area contributed by atoms with E-state index in [1.165, 1.54) is 5.56 Å². The Balaban J connectivity index is 2.47. The van der Waals surface area contributed by atoms with Crippen molar-refractivity contribution < 1.29 is 4.74 Å². The predicted molar refractivity (Wildman–Crippen MR) is 68.3 cm³/mol.